The molecule has 50 heavy (non-hydrogen) atoms. The Labute approximate surface area is 310 Å². The molecule has 296 valence electrons. The number of carbonyl (C=O) groups is 2. The van der Waals surface area contributed by atoms with E-state index in [0.717, 1.165) is 77.0 Å². The summed E-state index contributed by atoms with van der Waals surface area (Å²) in [4.78, 5) is 24.3. The van der Waals surface area contributed by atoms with Crippen LogP contribution in [0.15, 0.2) is 12.2 Å². The molecule has 3 N–H and O–H groups in total. The summed E-state index contributed by atoms with van der Waals surface area (Å²) in [6.07, 6.45) is 43.1. The minimum absolute atomic E-state index is 0.0364. The van der Waals surface area contributed by atoms with E-state index < -0.39 is 12.1 Å². The fraction of sp³-hybridized carbons (Fsp3) is 0.909. The van der Waals surface area contributed by atoms with Gasteiger partial charge in [-0.2, -0.15) is 0 Å². The molecular formula is C44H85NO5. The van der Waals surface area contributed by atoms with Gasteiger partial charge in [0.1, 0.15) is 0 Å². The van der Waals surface area contributed by atoms with Crippen molar-refractivity contribution < 1.29 is 24.5 Å². The molecule has 0 aromatic rings. The molecule has 2 atom stereocenters. The van der Waals surface area contributed by atoms with Crippen LogP contribution in [0.3, 0.4) is 0 Å². The maximum absolute atomic E-state index is 12.4. The number of nitrogens with one attached hydrogen (secondary N) is 1. The van der Waals surface area contributed by atoms with Crippen molar-refractivity contribution in [1.82, 2.24) is 5.32 Å². The number of aliphatic hydroxyl groups excluding tert-OH is 2. The van der Waals surface area contributed by atoms with Crippen molar-refractivity contribution in [2.45, 2.75) is 244 Å². The van der Waals surface area contributed by atoms with E-state index in [1.165, 1.54) is 122 Å². The van der Waals surface area contributed by atoms with E-state index in [0.29, 0.717) is 25.9 Å². The number of aliphatic hydroxyl groups is 2. The standard InChI is InChI=1S/C44H85NO5/c1-3-5-7-9-11-13-15-17-22-26-30-34-38-44(49)50-39-35-31-27-23-19-18-21-25-29-33-37-43(48)45-41(40-46)42(47)36-32-28-24-20-16-14-12-10-8-6-4-2/h19,23,41-42,46-47H,3-18,20-22,24-40H2,1-2H3,(H,45,48)/b23-19-. The van der Waals surface area contributed by atoms with E-state index >= 15 is 0 Å². The number of esters is 1. The number of amides is 1. The van der Waals surface area contributed by atoms with E-state index in [4.69, 9.17) is 4.74 Å². The number of ether oxygens (including phenoxy) is 1. The lowest BCUT2D eigenvalue weighted by molar-refractivity contribution is -0.143. The van der Waals surface area contributed by atoms with Gasteiger partial charge in [0.25, 0.3) is 0 Å². The Morgan fingerprint density at radius 1 is 0.540 bits per heavy atom. The first-order chi connectivity index (χ1) is 24.5. The Kier molecular flexibility index (Phi) is 39.2. The normalized spacial score (nSPS) is 12.8. The minimum Gasteiger partial charge on any atom is -0.466 e. The Bertz CT molecular complexity index is 742. The van der Waals surface area contributed by atoms with Crippen molar-refractivity contribution >= 4 is 11.9 Å². The third kappa shape index (κ3) is 36.4. The Hall–Kier alpha value is -1.40. The van der Waals surface area contributed by atoms with Crippen LogP contribution in [-0.2, 0) is 14.3 Å². The van der Waals surface area contributed by atoms with Crippen molar-refractivity contribution in [3.8, 4) is 0 Å². The van der Waals surface area contributed by atoms with Gasteiger partial charge in [-0.3, -0.25) is 9.59 Å². The molecule has 6 heteroatoms. The molecule has 0 aliphatic carbocycles. The van der Waals surface area contributed by atoms with Crippen molar-refractivity contribution in [2.24, 2.45) is 0 Å². The molecule has 0 saturated carbocycles. The van der Waals surface area contributed by atoms with E-state index in [1.54, 1.807) is 0 Å². The number of carbonyl (C=O) groups excluding carboxylic acids is 2. The van der Waals surface area contributed by atoms with Crippen molar-refractivity contribution in [3.63, 3.8) is 0 Å². The molecular weight excluding hydrogens is 622 g/mol. The molecule has 0 aliphatic heterocycles. The van der Waals surface area contributed by atoms with Crippen LogP contribution in [-0.4, -0.2) is 47.4 Å². The lowest BCUT2D eigenvalue weighted by Crippen LogP contribution is -2.45. The van der Waals surface area contributed by atoms with Gasteiger partial charge in [-0.05, 0) is 51.4 Å². The van der Waals surface area contributed by atoms with Gasteiger partial charge >= 0.3 is 5.97 Å². The van der Waals surface area contributed by atoms with E-state index in [2.05, 4.69) is 31.3 Å². The molecule has 6 nitrogen and oxygen atoms in total. The summed E-state index contributed by atoms with van der Waals surface area (Å²) < 4.78 is 5.41. The highest BCUT2D eigenvalue weighted by Gasteiger charge is 2.20. The summed E-state index contributed by atoms with van der Waals surface area (Å²) in [7, 11) is 0. The van der Waals surface area contributed by atoms with Gasteiger partial charge in [0.15, 0.2) is 0 Å². The summed E-state index contributed by atoms with van der Waals surface area (Å²) in [6.45, 7) is 4.84. The second kappa shape index (κ2) is 40.4. The van der Waals surface area contributed by atoms with Crippen LogP contribution in [0.4, 0.5) is 0 Å². The van der Waals surface area contributed by atoms with Crippen LogP contribution < -0.4 is 5.32 Å². The first-order valence-corrected chi connectivity index (χ1v) is 21.9. The first-order valence-electron chi connectivity index (χ1n) is 21.9. The van der Waals surface area contributed by atoms with Crippen molar-refractivity contribution in [1.29, 1.82) is 0 Å². The van der Waals surface area contributed by atoms with Crippen LogP contribution in [0, 0.1) is 0 Å². The molecule has 0 saturated heterocycles. The zero-order chi connectivity index (χ0) is 36.6. The number of hydrogen-bond donors (Lipinski definition) is 3. The molecule has 0 spiro atoms. The summed E-state index contributed by atoms with van der Waals surface area (Å²) >= 11 is 0. The van der Waals surface area contributed by atoms with Gasteiger partial charge in [-0.15, -0.1) is 0 Å². The Balaban J connectivity index is 3.54. The van der Waals surface area contributed by atoms with Gasteiger partial charge in [0, 0.05) is 12.8 Å². The molecule has 0 aliphatic rings. The second-order valence-electron chi connectivity index (χ2n) is 15.0. The largest absolute Gasteiger partial charge is 0.466 e. The molecule has 0 radical (unpaired) electrons. The van der Waals surface area contributed by atoms with E-state index in [-0.39, 0.29) is 18.5 Å². The smallest absolute Gasteiger partial charge is 0.305 e. The first kappa shape index (κ1) is 48.6. The average Bonchev–Trinajstić information content (AvgIpc) is 3.11. The molecule has 2 unspecified atom stereocenters. The second-order valence-corrected chi connectivity index (χ2v) is 15.0. The van der Waals surface area contributed by atoms with E-state index in [9.17, 15) is 19.8 Å². The fourth-order valence-electron chi connectivity index (χ4n) is 6.63. The molecule has 0 aromatic carbocycles. The molecule has 1 amide bonds. The maximum atomic E-state index is 12.4. The van der Waals surface area contributed by atoms with Crippen molar-refractivity contribution in [2.75, 3.05) is 13.2 Å². The molecule has 0 bridgehead atoms. The van der Waals surface area contributed by atoms with Crippen LogP contribution in [0.25, 0.3) is 0 Å². The highest BCUT2D eigenvalue weighted by Crippen LogP contribution is 2.15. The third-order valence-electron chi connectivity index (χ3n) is 10.1. The monoisotopic (exact) mass is 708 g/mol. The fourth-order valence-corrected chi connectivity index (χ4v) is 6.63. The number of hydrogen-bond acceptors (Lipinski definition) is 5. The predicted octanol–water partition coefficient (Wildman–Crippen LogP) is 12.2. The highest BCUT2D eigenvalue weighted by molar-refractivity contribution is 5.76. The lowest BCUT2D eigenvalue weighted by atomic mass is 10.0. The zero-order valence-corrected chi connectivity index (χ0v) is 33.4. The van der Waals surface area contributed by atoms with Crippen LogP contribution in [0.1, 0.15) is 232 Å². The molecule has 0 rings (SSSR count). The highest BCUT2D eigenvalue weighted by atomic mass is 16.5. The van der Waals surface area contributed by atoms with Gasteiger partial charge in [0.2, 0.25) is 5.91 Å². The minimum atomic E-state index is -0.682. The quantitative estimate of drug-likeness (QED) is 0.0335. The molecule has 0 aromatic heterocycles. The topological polar surface area (TPSA) is 95.9 Å². The summed E-state index contributed by atoms with van der Waals surface area (Å²) in [5.41, 5.74) is 0. The third-order valence-corrected chi connectivity index (χ3v) is 10.1. The van der Waals surface area contributed by atoms with Crippen LogP contribution in [0.2, 0.25) is 0 Å². The number of allylic oxidation sites excluding steroid dienone is 2. The molecule has 0 heterocycles. The maximum Gasteiger partial charge on any atom is 0.305 e. The number of unbranched alkanes of at least 4 members (excludes halogenated alkanes) is 27. The summed E-state index contributed by atoms with van der Waals surface area (Å²) in [6, 6.07) is -0.563. The number of rotatable bonds is 40. The van der Waals surface area contributed by atoms with Gasteiger partial charge in [-0.25, -0.2) is 0 Å². The molecule has 0 fully saturated rings. The Morgan fingerprint density at radius 2 is 0.940 bits per heavy atom. The average molecular weight is 708 g/mol. The summed E-state index contributed by atoms with van der Waals surface area (Å²) in [5.74, 6) is -0.109. The van der Waals surface area contributed by atoms with Gasteiger partial charge in [0.05, 0.1) is 25.4 Å². The van der Waals surface area contributed by atoms with Crippen LogP contribution >= 0.6 is 0 Å². The van der Waals surface area contributed by atoms with E-state index in [1.807, 2.05) is 0 Å². The van der Waals surface area contributed by atoms with Crippen molar-refractivity contribution in [3.05, 3.63) is 12.2 Å². The van der Waals surface area contributed by atoms with Gasteiger partial charge < -0.3 is 20.3 Å². The van der Waals surface area contributed by atoms with Crippen LogP contribution in [0.5, 0.6) is 0 Å². The summed E-state index contributed by atoms with van der Waals surface area (Å²) in [5, 5.41) is 23.0. The van der Waals surface area contributed by atoms with Gasteiger partial charge in [-0.1, -0.05) is 180 Å². The lowest BCUT2D eigenvalue weighted by Gasteiger charge is -2.22. The predicted molar refractivity (Wildman–Crippen MR) is 213 cm³/mol. The zero-order valence-electron chi connectivity index (χ0n) is 33.4. The SMILES string of the molecule is CCCCCCCCCCCCCCC(=O)OCCCC/C=C\CCCCCCC(=O)NC(CO)C(O)CCCCCCCCCCCCC. The Morgan fingerprint density at radius 3 is 1.42 bits per heavy atom.